The van der Waals surface area contributed by atoms with Gasteiger partial charge in [-0.25, -0.2) is 0 Å². The summed E-state index contributed by atoms with van der Waals surface area (Å²) in [6, 6.07) is 16.0. The van der Waals surface area contributed by atoms with E-state index in [4.69, 9.17) is 11.6 Å². The first-order valence-electron chi connectivity index (χ1n) is 9.99. The maximum atomic E-state index is 6.33. The highest BCUT2D eigenvalue weighted by atomic mass is 35.5. The normalized spacial score (nSPS) is 17.6. The van der Waals surface area contributed by atoms with Gasteiger partial charge in [0.05, 0.1) is 0 Å². The van der Waals surface area contributed by atoms with Gasteiger partial charge in [-0.15, -0.1) is 0 Å². The Morgan fingerprint density at radius 3 is 2.22 bits per heavy atom. The van der Waals surface area contributed by atoms with Crippen LogP contribution in [0.15, 0.2) is 70.3 Å². The second-order valence-corrected chi connectivity index (χ2v) is 8.47. The molecule has 2 aromatic rings. The summed E-state index contributed by atoms with van der Waals surface area (Å²) in [4.78, 5) is 0. The molecule has 0 saturated carbocycles. The van der Waals surface area contributed by atoms with E-state index in [1.165, 1.54) is 56.5 Å². The highest BCUT2D eigenvalue weighted by Crippen LogP contribution is 2.42. The van der Waals surface area contributed by atoms with Crippen LogP contribution in [0, 0.1) is 13.8 Å². The molecule has 0 amide bonds. The lowest BCUT2D eigenvalue weighted by molar-refractivity contribution is 0.806. The number of rotatable bonds is 2. The molecule has 0 heterocycles. The number of hydrogen-bond acceptors (Lipinski definition) is 0. The van der Waals surface area contributed by atoms with Crippen molar-refractivity contribution in [2.24, 2.45) is 0 Å². The van der Waals surface area contributed by atoms with E-state index in [1.807, 2.05) is 0 Å². The van der Waals surface area contributed by atoms with Crippen LogP contribution in [0.4, 0.5) is 0 Å². The lowest BCUT2D eigenvalue weighted by Gasteiger charge is -2.22. The van der Waals surface area contributed by atoms with E-state index in [9.17, 15) is 0 Å². The zero-order valence-corrected chi connectivity index (χ0v) is 17.3. The van der Waals surface area contributed by atoms with Gasteiger partial charge >= 0.3 is 0 Å². The number of aryl methyl sites for hydroxylation is 3. The van der Waals surface area contributed by atoms with Crippen molar-refractivity contribution in [3.8, 4) is 0 Å². The van der Waals surface area contributed by atoms with E-state index in [-0.39, 0.29) is 0 Å². The van der Waals surface area contributed by atoms with Gasteiger partial charge in [0.15, 0.2) is 0 Å². The van der Waals surface area contributed by atoms with Crippen molar-refractivity contribution in [2.45, 2.75) is 52.9 Å². The van der Waals surface area contributed by atoms with Crippen molar-refractivity contribution in [1.82, 2.24) is 0 Å². The summed E-state index contributed by atoms with van der Waals surface area (Å²) in [7, 11) is 0. The lowest BCUT2D eigenvalue weighted by atomic mass is 9.83. The van der Waals surface area contributed by atoms with Crippen molar-refractivity contribution < 1.29 is 0 Å². The van der Waals surface area contributed by atoms with Gasteiger partial charge in [-0.3, -0.25) is 0 Å². The quantitative estimate of drug-likeness (QED) is 0.505. The summed E-state index contributed by atoms with van der Waals surface area (Å²) in [6.07, 6.45) is 7.66. The minimum atomic E-state index is 0.958. The summed E-state index contributed by atoms with van der Waals surface area (Å²) < 4.78 is 0. The molecule has 0 unspecified atom stereocenters. The van der Waals surface area contributed by atoms with Crippen molar-refractivity contribution in [3.05, 3.63) is 98.1 Å². The molecule has 0 radical (unpaired) electrons. The molecule has 0 aromatic heterocycles. The minimum Gasteiger partial charge on any atom is -0.0891 e. The van der Waals surface area contributed by atoms with Crippen LogP contribution >= 0.6 is 11.6 Å². The van der Waals surface area contributed by atoms with Crippen molar-refractivity contribution in [2.75, 3.05) is 0 Å². The highest BCUT2D eigenvalue weighted by molar-refractivity contribution is 6.29. The summed E-state index contributed by atoms with van der Waals surface area (Å²) in [6.45, 7) is 6.57. The Morgan fingerprint density at radius 1 is 0.741 bits per heavy atom. The Labute approximate surface area is 168 Å². The van der Waals surface area contributed by atoms with Crippen molar-refractivity contribution >= 4 is 17.2 Å². The van der Waals surface area contributed by atoms with Gasteiger partial charge in [0.1, 0.15) is 0 Å². The fourth-order valence-corrected chi connectivity index (χ4v) is 4.75. The molecule has 0 nitrogen and oxygen atoms in total. The largest absolute Gasteiger partial charge is 0.0891 e. The third-order valence-corrected chi connectivity index (χ3v) is 6.17. The molecule has 0 bridgehead atoms. The van der Waals surface area contributed by atoms with Crippen LogP contribution in [-0.4, -0.2) is 0 Å². The number of fused-ring (bicyclic) bond motifs is 1. The van der Waals surface area contributed by atoms with E-state index in [2.05, 4.69) is 69.3 Å². The van der Waals surface area contributed by atoms with Crippen LogP contribution in [0.2, 0.25) is 0 Å². The van der Waals surface area contributed by atoms with E-state index < -0.39 is 0 Å². The molecule has 27 heavy (non-hydrogen) atoms. The number of halogens is 1. The van der Waals surface area contributed by atoms with E-state index in [0.717, 1.165) is 30.7 Å². The first-order valence-corrected chi connectivity index (χ1v) is 10.4. The highest BCUT2D eigenvalue weighted by Gasteiger charge is 2.23. The summed E-state index contributed by atoms with van der Waals surface area (Å²) in [5.74, 6) is 0. The lowest BCUT2D eigenvalue weighted by Crippen LogP contribution is -2.03. The standard InChI is InChI=1S/C26H27Cl/c1-17-7-10-20(11-8-17)26-24-13-9-18(2)15-21(24)5-4-6-25(26)23-14-12-22(27)16-19(23)3/h7-11,13,15-16H,4-6,12,14H2,1-3H3. The molecule has 2 aliphatic rings. The van der Waals surface area contributed by atoms with Crippen LogP contribution in [0.25, 0.3) is 5.57 Å². The van der Waals surface area contributed by atoms with Gasteiger partial charge in [0.25, 0.3) is 0 Å². The molecule has 0 atom stereocenters. The summed E-state index contributed by atoms with van der Waals surface area (Å²) in [5.41, 5.74) is 12.7. The van der Waals surface area contributed by atoms with Gasteiger partial charge < -0.3 is 0 Å². The molecular weight excluding hydrogens is 348 g/mol. The van der Waals surface area contributed by atoms with Crippen LogP contribution in [0.5, 0.6) is 0 Å². The average Bonchev–Trinajstić information content (AvgIpc) is 2.81. The molecule has 0 N–H and O–H groups in total. The fraction of sp³-hybridized carbons (Fsp3) is 0.308. The van der Waals surface area contributed by atoms with E-state index >= 15 is 0 Å². The maximum absolute atomic E-state index is 6.33. The molecule has 0 spiro atoms. The monoisotopic (exact) mass is 374 g/mol. The van der Waals surface area contributed by atoms with Gasteiger partial charge in [-0.2, -0.15) is 0 Å². The van der Waals surface area contributed by atoms with Gasteiger partial charge in [-0.05, 0) is 97.9 Å². The maximum Gasteiger partial charge on any atom is 0.0187 e. The van der Waals surface area contributed by atoms with Crippen LogP contribution in [-0.2, 0) is 6.42 Å². The third kappa shape index (κ3) is 3.69. The second kappa shape index (κ2) is 7.52. The first kappa shape index (κ1) is 18.3. The van der Waals surface area contributed by atoms with Gasteiger partial charge in [0.2, 0.25) is 0 Å². The topological polar surface area (TPSA) is 0 Å². The predicted molar refractivity (Wildman–Crippen MR) is 117 cm³/mol. The van der Waals surface area contributed by atoms with E-state index in [1.54, 1.807) is 0 Å². The Kier molecular flexibility index (Phi) is 5.10. The second-order valence-electron chi connectivity index (χ2n) is 7.99. The molecule has 1 heteroatoms. The summed E-state index contributed by atoms with van der Waals surface area (Å²) >= 11 is 6.33. The van der Waals surface area contributed by atoms with Gasteiger partial charge in [-0.1, -0.05) is 65.2 Å². The number of benzene rings is 2. The molecule has 0 fully saturated rings. The zero-order chi connectivity index (χ0) is 19.0. The Bertz CT molecular complexity index is 968. The summed E-state index contributed by atoms with van der Waals surface area (Å²) in [5, 5.41) is 0.985. The molecule has 0 saturated heterocycles. The Morgan fingerprint density at radius 2 is 1.48 bits per heavy atom. The Balaban J connectivity index is 2.00. The fourth-order valence-electron chi connectivity index (χ4n) is 4.49. The average molecular weight is 375 g/mol. The predicted octanol–water partition coefficient (Wildman–Crippen LogP) is 7.67. The molecular formula is C26H27Cl. The van der Waals surface area contributed by atoms with Gasteiger partial charge in [0, 0.05) is 5.03 Å². The zero-order valence-electron chi connectivity index (χ0n) is 16.5. The molecule has 0 aliphatic heterocycles. The molecule has 4 rings (SSSR count). The third-order valence-electron chi connectivity index (χ3n) is 5.87. The van der Waals surface area contributed by atoms with Crippen LogP contribution in [0.1, 0.15) is 60.4 Å². The minimum absolute atomic E-state index is 0.958. The van der Waals surface area contributed by atoms with Crippen molar-refractivity contribution in [3.63, 3.8) is 0 Å². The number of hydrogen-bond donors (Lipinski definition) is 0. The SMILES string of the molecule is CC1=C(C2=C(c3ccc(C)cc3)c3ccc(C)cc3CCC2)CCC(Cl)=C1. The molecule has 2 aliphatic carbocycles. The van der Waals surface area contributed by atoms with Crippen LogP contribution < -0.4 is 0 Å². The van der Waals surface area contributed by atoms with E-state index in [0.29, 0.717) is 0 Å². The van der Waals surface area contributed by atoms with Crippen molar-refractivity contribution in [1.29, 1.82) is 0 Å². The Hall–Kier alpha value is -2.05. The van der Waals surface area contributed by atoms with Crippen LogP contribution in [0.3, 0.4) is 0 Å². The first-order chi connectivity index (χ1) is 13.0. The molecule has 138 valence electrons. The number of allylic oxidation sites excluding steroid dienone is 5. The smallest absolute Gasteiger partial charge is 0.0187 e. The molecule has 2 aromatic carbocycles.